The van der Waals surface area contributed by atoms with E-state index in [1.165, 1.54) is 13.2 Å². The summed E-state index contributed by atoms with van der Waals surface area (Å²) in [6.45, 7) is 1.76. The molecular weight excluding hydrogens is 204 g/mol. The summed E-state index contributed by atoms with van der Waals surface area (Å²) in [5.41, 5.74) is 0.447. The van der Waals surface area contributed by atoms with E-state index in [2.05, 4.69) is 0 Å². The third kappa shape index (κ3) is 2.98. The van der Waals surface area contributed by atoms with Crippen LogP contribution >= 0.6 is 0 Å². The summed E-state index contributed by atoms with van der Waals surface area (Å²) in [6, 6.07) is 8.59. The summed E-state index contributed by atoms with van der Waals surface area (Å²) in [6.07, 6.45) is 2.96. The van der Waals surface area contributed by atoms with Crippen molar-refractivity contribution in [3.8, 4) is 0 Å². The summed E-state index contributed by atoms with van der Waals surface area (Å²) in [5.74, 6) is -0.306. The van der Waals surface area contributed by atoms with Crippen LogP contribution in [0.1, 0.15) is 17.3 Å². The van der Waals surface area contributed by atoms with Crippen LogP contribution in [0.3, 0.4) is 0 Å². The maximum atomic E-state index is 11.7. The molecule has 1 rings (SSSR count). The van der Waals surface area contributed by atoms with Gasteiger partial charge >= 0.3 is 0 Å². The molecule has 3 heteroatoms. The van der Waals surface area contributed by atoms with Gasteiger partial charge in [-0.15, -0.1) is 0 Å². The van der Waals surface area contributed by atoms with E-state index in [4.69, 9.17) is 4.74 Å². The number of allylic oxidation sites excluding steroid dienone is 3. The number of Topliss-reactive ketones (excluding diaryl/α,β-unsaturated/α-hetero) is 1. The molecule has 0 aliphatic rings. The van der Waals surface area contributed by atoms with Gasteiger partial charge in [-0.05, 0) is 13.0 Å². The largest absolute Gasteiger partial charge is 0.504 e. The molecule has 1 aromatic rings. The van der Waals surface area contributed by atoms with Gasteiger partial charge in [-0.1, -0.05) is 30.3 Å². The minimum atomic E-state index is -0.419. The Hall–Kier alpha value is -2.03. The molecule has 0 fully saturated rings. The van der Waals surface area contributed by atoms with Gasteiger partial charge in [0.2, 0.25) is 5.78 Å². The first-order valence-electron chi connectivity index (χ1n) is 4.89. The predicted octanol–water partition coefficient (Wildman–Crippen LogP) is 2.86. The number of hydrogen-bond donors (Lipinski definition) is 1. The van der Waals surface area contributed by atoms with Crippen molar-refractivity contribution in [2.45, 2.75) is 6.92 Å². The van der Waals surface area contributed by atoms with E-state index in [0.717, 1.165) is 0 Å². The Balaban J connectivity index is 2.91. The van der Waals surface area contributed by atoms with Crippen molar-refractivity contribution in [3.63, 3.8) is 0 Å². The fourth-order valence-corrected chi connectivity index (χ4v) is 1.20. The number of aliphatic hydroxyl groups excluding tert-OH is 1. The average molecular weight is 218 g/mol. The highest BCUT2D eigenvalue weighted by molar-refractivity contribution is 6.07. The van der Waals surface area contributed by atoms with Gasteiger partial charge in [0.15, 0.2) is 5.76 Å². The summed E-state index contributed by atoms with van der Waals surface area (Å²) >= 11 is 0. The first-order valence-corrected chi connectivity index (χ1v) is 4.89. The molecular formula is C13H14O3. The standard InChI is InChI=1S/C13H14O3/c1-3-11(16-2)9-12(14)13(15)10-7-5-4-6-8-10/h3-9,14H,1-2H3. The zero-order valence-electron chi connectivity index (χ0n) is 9.31. The molecule has 0 aliphatic carbocycles. The van der Waals surface area contributed by atoms with Crippen LogP contribution in [-0.2, 0) is 4.74 Å². The Labute approximate surface area is 94.7 Å². The lowest BCUT2D eigenvalue weighted by Gasteiger charge is -2.02. The number of carbonyl (C=O) groups excluding carboxylic acids is 1. The van der Waals surface area contributed by atoms with E-state index in [9.17, 15) is 9.90 Å². The van der Waals surface area contributed by atoms with Gasteiger partial charge in [0.25, 0.3) is 0 Å². The van der Waals surface area contributed by atoms with Crippen LogP contribution in [0, 0.1) is 0 Å². The molecule has 16 heavy (non-hydrogen) atoms. The first kappa shape index (κ1) is 12.0. The van der Waals surface area contributed by atoms with Crippen molar-refractivity contribution < 1.29 is 14.6 Å². The molecule has 0 saturated heterocycles. The molecule has 1 N–H and O–H groups in total. The summed E-state index contributed by atoms with van der Waals surface area (Å²) in [7, 11) is 1.48. The Morgan fingerprint density at radius 1 is 1.31 bits per heavy atom. The van der Waals surface area contributed by atoms with Crippen molar-refractivity contribution in [2.75, 3.05) is 7.11 Å². The smallest absolute Gasteiger partial charge is 0.227 e. The molecule has 3 nitrogen and oxygen atoms in total. The maximum Gasteiger partial charge on any atom is 0.227 e. The quantitative estimate of drug-likeness (QED) is 0.366. The van der Waals surface area contributed by atoms with E-state index >= 15 is 0 Å². The second-order valence-electron chi connectivity index (χ2n) is 3.12. The van der Waals surface area contributed by atoms with Crippen LogP contribution in [0.25, 0.3) is 0 Å². The molecule has 0 unspecified atom stereocenters. The first-order chi connectivity index (χ1) is 7.69. The predicted molar refractivity (Wildman–Crippen MR) is 62.3 cm³/mol. The van der Waals surface area contributed by atoms with E-state index in [-0.39, 0.29) is 5.76 Å². The zero-order valence-corrected chi connectivity index (χ0v) is 9.31. The van der Waals surface area contributed by atoms with Crippen LogP contribution in [0.5, 0.6) is 0 Å². The molecule has 84 valence electrons. The van der Waals surface area contributed by atoms with Crippen molar-refractivity contribution in [1.82, 2.24) is 0 Å². The summed E-state index contributed by atoms with van der Waals surface area (Å²) in [5, 5.41) is 9.59. The number of hydrogen-bond acceptors (Lipinski definition) is 3. The average Bonchev–Trinajstić information content (AvgIpc) is 2.35. The van der Waals surface area contributed by atoms with Gasteiger partial charge in [-0.3, -0.25) is 4.79 Å². The molecule has 0 amide bonds. The number of carbonyl (C=O) groups is 1. The Morgan fingerprint density at radius 2 is 1.94 bits per heavy atom. The highest BCUT2D eigenvalue weighted by Gasteiger charge is 2.10. The fraction of sp³-hybridized carbons (Fsp3) is 0.154. The van der Waals surface area contributed by atoms with Crippen LogP contribution in [0.2, 0.25) is 0 Å². The Bertz CT molecular complexity index is 416. The zero-order chi connectivity index (χ0) is 12.0. The van der Waals surface area contributed by atoms with Gasteiger partial charge in [-0.2, -0.15) is 0 Å². The number of benzene rings is 1. The van der Waals surface area contributed by atoms with Crippen molar-refractivity contribution in [1.29, 1.82) is 0 Å². The highest BCUT2D eigenvalue weighted by Crippen LogP contribution is 2.09. The highest BCUT2D eigenvalue weighted by atomic mass is 16.5. The third-order valence-corrected chi connectivity index (χ3v) is 2.07. The monoisotopic (exact) mass is 218 g/mol. The molecule has 0 bridgehead atoms. The van der Waals surface area contributed by atoms with Crippen LogP contribution in [0.15, 0.2) is 54.0 Å². The number of aliphatic hydroxyl groups is 1. The molecule has 0 heterocycles. The van der Waals surface area contributed by atoms with E-state index in [0.29, 0.717) is 11.3 Å². The lowest BCUT2D eigenvalue weighted by Crippen LogP contribution is -2.03. The molecule has 0 aliphatic heterocycles. The van der Waals surface area contributed by atoms with Gasteiger partial charge in [0, 0.05) is 11.6 Å². The van der Waals surface area contributed by atoms with Crippen molar-refractivity contribution in [2.24, 2.45) is 0 Å². The van der Waals surface area contributed by atoms with Gasteiger partial charge in [0.1, 0.15) is 5.76 Å². The van der Waals surface area contributed by atoms with E-state index in [1.54, 1.807) is 37.3 Å². The maximum absolute atomic E-state index is 11.7. The lowest BCUT2D eigenvalue weighted by molar-refractivity contribution is 0.0976. The molecule has 1 aromatic carbocycles. The molecule has 0 saturated carbocycles. The molecule has 0 spiro atoms. The minimum absolute atomic E-state index is 0.332. The Kier molecular flexibility index (Phi) is 4.33. The molecule has 0 aromatic heterocycles. The normalized spacial score (nSPS) is 12.4. The second-order valence-corrected chi connectivity index (χ2v) is 3.12. The van der Waals surface area contributed by atoms with Crippen molar-refractivity contribution >= 4 is 5.78 Å². The topological polar surface area (TPSA) is 46.5 Å². The Morgan fingerprint density at radius 3 is 2.44 bits per heavy atom. The van der Waals surface area contributed by atoms with Gasteiger partial charge in [0.05, 0.1) is 7.11 Å². The molecule has 0 radical (unpaired) electrons. The molecule has 0 atom stereocenters. The van der Waals surface area contributed by atoms with E-state index < -0.39 is 5.78 Å². The number of ether oxygens (including phenoxy) is 1. The minimum Gasteiger partial charge on any atom is -0.504 e. The van der Waals surface area contributed by atoms with E-state index in [1.807, 2.05) is 6.07 Å². The lowest BCUT2D eigenvalue weighted by atomic mass is 10.1. The number of rotatable bonds is 4. The number of methoxy groups -OCH3 is 1. The van der Waals surface area contributed by atoms with Gasteiger partial charge < -0.3 is 9.84 Å². The van der Waals surface area contributed by atoms with Crippen molar-refractivity contribution in [3.05, 3.63) is 59.6 Å². The van der Waals surface area contributed by atoms with Gasteiger partial charge in [-0.25, -0.2) is 0 Å². The van der Waals surface area contributed by atoms with Crippen LogP contribution in [0.4, 0.5) is 0 Å². The third-order valence-electron chi connectivity index (χ3n) is 2.07. The SMILES string of the molecule is CC=C(C=C(O)C(=O)c1ccccc1)OC. The van der Waals surface area contributed by atoms with Crippen LogP contribution in [-0.4, -0.2) is 18.0 Å². The second kappa shape index (κ2) is 5.75. The number of ketones is 1. The van der Waals surface area contributed by atoms with Crippen LogP contribution < -0.4 is 0 Å². The summed E-state index contributed by atoms with van der Waals surface area (Å²) < 4.78 is 4.93. The fourth-order valence-electron chi connectivity index (χ4n) is 1.20. The summed E-state index contributed by atoms with van der Waals surface area (Å²) in [4.78, 5) is 11.7.